The van der Waals surface area contributed by atoms with E-state index in [0.717, 1.165) is 43.9 Å². The van der Waals surface area contributed by atoms with Crippen molar-refractivity contribution < 1.29 is 9.53 Å². The van der Waals surface area contributed by atoms with E-state index in [-0.39, 0.29) is 5.91 Å². The maximum absolute atomic E-state index is 12.5. The summed E-state index contributed by atoms with van der Waals surface area (Å²) in [5.41, 5.74) is 2.19. The van der Waals surface area contributed by atoms with Gasteiger partial charge in [0.25, 0.3) is 0 Å². The third kappa shape index (κ3) is 3.71. The SMILES string of the molecule is COc1ccc2c(c1)CCCN2C(=O)CNCCn1cccn1. The molecule has 0 fully saturated rings. The molecule has 1 aliphatic heterocycles. The highest BCUT2D eigenvalue weighted by Gasteiger charge is 2.22. The summed E-state index contributed by atoms with van der Waals surface area (Å²) in [4.78, 5) is 14.4. The van der Waals surface area contributed by atoms with E-state index in [1.807, 2.05) is 40.0 Å². The fourth-order valence-corrected chi connectivity index (χ4v) is 2.88. The molecule has 1 amide bonds. The van der Waals surface area contributed by atoms with Crippen molar-refractivity contribution >= 4 is 11.6 Å². The van der Waals surface area contributed by atoms with Crippen LogP contribution in [-0.2, 0) is 17.8 Å². The Morgan fingerprint density at radius 2 is 2.35 bits per heavy atom. The third-order valence-electron chi connectivity index (χ3n) is 4.06. The molecule has 0 radical (unpaired) electrons. The van der Waals surface area contributed by atoms with Crippen LogP contribution < -0.4 is 15.0 Å². The molecule has 2 aromatic rings. The molecule has 0 saturated heterocycles. The number of nitrogens with one attached hydrogen (secondary N) is 1. The molecule has 0 saturated carbocycles. The maximum Gasteiger partial charge on any atom is 0.240 e. The second-order valence-electron chi connectivity index (χ2n) is 5.59. The minimum Gasteiger partial charge on any atom is -0.497 e. The van der Waals surface area contributed by atoms with E-state index < -0.39 is 0 Å². The number of nitrogens with zero attached hydrogens (tertiary/aromatic N) is 3. The average Bonchev–Trinajstić information content (AvgIpc) is 3.10. The zero-order valence-corrected chi connectivity index (χ0v) is 13.4. The highest BCUT2D eigenvalue weighted by molar-refractivity contribution is 5.96. The van der Waals surface area contributed by atoms with Crippen LogP contribution in [0.4, 0.5) is 5.69 Å². The first kappa shape index (κ1) is 15.6. The summed E-state index contributed by atoms with van der Waals surface area (Å²) in [5.74, 6) is 0.951. The van der Waals surface area contributed by atoms with Crippen LogP contribution in [0.1, 0.15) is 12.0 Å². The van der Waals surface area contributed by atoms with Gasteiger partial charge in [-0.15, -0.1) is 0 Å². The van der Waals surface area contributed by atoms with E-state index >= 15 is 0 Å². The molecule has 3 rings (SSSR count). The van der Waals surface area contributed by atoms with Crippen molar-refractivity contribution in [3.63, 3.8) is 0 Å². The minimum absolute atomic E-state index is 0.108. The van der Waals surface area contributed by atoms with Crippen molar-refractivity contribution in [2.75, 3.05) is 31.6 Å². The normalized spacial score (nSPS) is 13.7. The largest absolute Gasteiger partial charge is 0.497 e. The lowest BCUT2D eigenvalue weighted by Gasteiger charge is -2.30. The summed E-state index contributed by atoms with van der Waals surface area (Å²) in [6.45, 7) is 2.59. The number of amides is 1. The van der Waals surface area contributed by atoms with E-state index in [4.69, 9.17) is 4.74 Å². The number of carbonyl (C=O) groups is 1. The lowest BCUT2D eigenvalue weighted by molar-refractivity contribution is -0.117. The van der Waals surface area contributed by atoms with Crippen LogP contribution in [0, 0.1) is 0 Å². The Kier molecular flexibility index (Phi) is 4.92. The Bertz CT molecular complexity index is 655. The molecule has 6 heteroatoms. The first-order valence-electron chi connectivity index (χ1n) is 7.93. The quantitative estimate of drug-likeness (QED) is 0.820. The van der Waals surface area contributed by atoms with E-state index in [0.29, 0.717) is 6.54 Å². The number of hydrogen-bond acceptors (Lipinski definition) is 4. The predicted octanol–water partition coefficient (Wildman–Crippen LogP) is 1.46. The predicted molar refractivity (Wildman–Crippen MR) is 88.8 cm³/mol. The lowest BCUT2D eigenvalue weighted by atomic mass is 10.0. The molecule has 0 unspecified atom stereocenters. The highest BCUT2D eigenvalue weighted by Crippen LogP contribution is 2.30. The molecule has 23 heavy (non-hydrogen) atoms. The van der Waals surface area contributed by atoms with Crippen LogP contribution in [0.25, 0.3) is 0 Å². The van der Waals surface area contributed by atoms with Crippen molar-refractivity contribution in [2.45, 2.75) is 19.4 Å². The van der Waals surface area contributed by atoms with Crippen LogP contribution >= 0.6 is 0 Å². The van der Waals surface area contributed by atoms with E-state index in [1.165, 1.54) is 5.56 Å². The second kappa shape index (κ2) is 7.28. The zero-order valence-electron chi connectivity index (χ0n) is 13.4. The second-order valence-corrected chi connectivity index (χ2v) is 5.59. The average molecular weight is 314 g/mol. The Labute approximate surface area is 136 Å². The van der Waals surface area contributed by atoms with Gasteiger partial charge in [0.05, 0.1) is 20.2 Å². The van der Waals surface area contributed by atoms with Gasteiger partial charge in [0.1, 0.15) is 5.75 Å². The van der Waals surface area contributed by atoms with E-state index in [1.54, 1.807) is 13.3 Å². The Balaban J connectivity index is 1.56. The molecule has 0 aliphatic carbocycles. The summed E-state index contributed by atoms with van der Waals surface area (Å²) in [7, 11) is 1.66. The van der Waals surface area contributed by atoms with Crippen molar-refractivity contribution in [1.29, 1.82) is 0 Å². The molecule has 6 nitrogen and oxygen atoms in total. The van der Waals surface area contributed by atoms with E-state index in [9.17, 15) is 4.79 Å². The first-order chi connectivity index (χ1) is 11.3. The lowest BCUT2D eigenvalue weighted by Crippen LogP contribution is -2.41. The molecule has 2 heterocycles. The molecular weight excluding hydrogens is 292 g/mol. The van der Waals surface area contributed by atoms with Gasteiger partial charge in [-0.25, -0.2) is 0 Å². The smallest absolute Gasteiger partial charge is 0.240 e. The fourth-order valence-electron chi connectivity index (χ4n) is 2.88. The number of carbonyl (C=O) groups excluding carboxylic acids is 1. The van der Waals surface area contributed by atoms with Crippen molar-refractivity contribution in [1.82, 2.24) is 15.1 Å². The summed E-state index contributed by atoms with van der Waals surface area (Å²) in [6.07, 6.45) is 5.64. The molecule has 0 atom stereocenters. The number of hydrogen-bond donors (Lipinski definition) is 1. The van der Waals surface area contributed by atoms with Gasteiger partial charge in [-0.1, -0.05) is 0 Å². The molecule has 0 spiro atoms. The Hall–Kier alpha value is -2.34. The first-order valence-corrected chi connectivity index (χ1v) is 7.93. The fraction of sp³-hybridized carbons (Fsp3) is 0.412. The zero-order chi connectivity index (χ0) is 16.1. The van der Waals surface area contributed by atoms with Gasteiger partial charge >= 0.3 is 0 Å². The summed E-state index contributed by atoms with van der Waals surface area (Å²) >= 11 is 0. The van der Waals surface area contributed by atoms with E-state index in [2.05, 4.69) is 10.4 Å². The summed E-state index contributed by atoms with van der Waals surface area (Å²) in [5, 5.41) is 7.34. The number of methoxy groups -OCH3 is 1. The molecule has 122 valence electrons. The summed E-state index contributed by atoms with van der Waals surface area (Å²) < 4.78 is 7.11. The number of rotatable bonds is 6. The molecule has 1 aliphatic rings. The van der Waals surface area contributed by atoms with Gasteiger partial charge in [0.2, 0.25) is 5.91 Å². The molecule has 1 N–H and O–H groups in total. The highest BCUT2D eigenvalue weighted by atomic mass is 16.5. The number of aryl methyl sites for hydroxylation is 1. The Morgan fingerprint density at radius 1 is 1.43 bits per heavy atom. The molecule has 0 bridgehead atoms. The van der Waals surface area contributed by atoms with Gasteiger partial charge in [-0.3, -0.25) is 9.48 Å². The van der Waals surface area contributed by atoms with Gasteiger partial charge in [0.15, 0.2) is 0 Å². The molecular formula is C17H22N4O2. The minimum atomic E-state index is 0.108. The van der Waals surface area contributed by atoms with Crippen LogP contribution in [-0.4, -0.2) is 42.4 Å². The number of ether oxygens (including phenoxy) is 1. The number of aromatic nitrogens is 2. The third-order valence-corrected chi connectivity index (χ3v) is 4.06. The monoisotopic (exact) mass is 314 g/mol. The van der Waals surface area contributed by atoms with Gasteiger partial charge in [0, 0.05) is 31.2 Å². The summed E-state index contributed by atoms with van der Waals surface area (Å²) in [6, 6.07) is 7.81. The number of fused-ring (bicyclic) bond motifs is 1. The molecule has 1 aromatic heterocycles. The van der Waals surface area contributed by atoms with Gasteiger partial charge in [-0.2, -0.15) is 5.10 Å². The van der Waals surface area contributed by atoms with Crippen LogP contribution in [0.5, 0.6) is 5.75 Å². The number of benzene rings is 1. The molecule has 1 aromatic carbocycles. The van der Waals surface area contributed by atoms with Crippen molar-refractivity contribution in [3.8, 4) is 5.75 Å². The van der Waals surface area contributed by atoms with Crippen molar-refractivity contribution in [2.24, 2.45) is 0 Å². The van der Waals surface area contributed by atoms with Crippen LogP contribution in [0.2, 0.25) is 0 Å². The topological polar surface area (TPSA) is 59.4 Å². The van der Waals surface area contributed by atoms with Crippen LogP contribution in [0.3, 0.4) is 0 Å². The van der Waals surface area contributed by atoms with Crippen molar-refractivity contribution in [3.05, 3.63) is 42.2 Å². The Morgan fingerprint density at radius 3 is 3.13 bits per heavy atom. The van der Waals surface area contributed by atoms with Crippen LogP contribution in [0.15, 0.2) is 36.7 Å². The maximum atomic E-state index is 12.5. The van der Waals surface area contributed by atoms with Gasteiger partial charge in [-0.05, 0) is 42.7 Å². The number of anilines is 1. The van der Waals surface area contributed by atoms with Gasteiger partial charge < -0.3 is 15.0 Å². The standard InChI is InChI=1S/C17H22N4O2/c1-23-15-5-6-16-14(12-15)4-2-10-21(16)17(22)13-18-8-11-20-9-3-7-19-20/h3,5-7,9,12,18H,2,4,8,10-11,13H2,1H3.